The molecular formula is C29H42N14O8. The molecule has 276 valence electrons. The van der Waals surface area contributed by atoms with Gasteiger partial charge in [0.15, 0.2) is 23.3 Å². The van der Waals surface area contributed by atoms with Gasteiger partial charge in [-0.1, -0.05) is 0 Å². The van der Waals surface area contributed by atoms with Gasteiger partial charge in [0.2, 0.25) is 0 Å². The van der Waals surface area contributed by atoms with Crippen molar-refractivity contribution < 1.29 is 19.7 Å². The molecule has 0 radical (unpaired) electrons. The molecule has 22 nitrogen and oxygen atoms in total. The zero-order chi connectivity index (χ0) is 37.4. The zero-order valence-electron chi connectivity index (χ0n) is 29.2. The van der Waals surface area contributed by atoms with E-state index < -0.39 is 19.7 Å². The third-order valence-electron chi connectivity index (χ3n) is 9.11. The molecule has 0 aliphatic heterocycles. The van der Waals surface area contributed by atoms with Crippen molar-refractivity contribution in [3.8, 4) is 0 Å². The molecular weight excluding hydrogens is 672 g/mol. The molecule has 0 N–H and O–H groups in total. The molecule has 0 bridgehead atoms. The highest BCUT2D eigenvalue weighted by molar-refractivity contribution is 5.21. The average Bonchev–Trinajstić information content (AvgIpc) is 3.84. The molecule has 4 heterocycles. The van der Waals surface area contributed by atoms with E-state index in [2.05, 4.69) is 29.7 Å². The summed E-state index contributed by atoms with van der Waals surface area (Å²) < 4.78 is 6.11. The fourth-order valence-corrected chi connectivity index (χ4v) is 6.13. The van der Waals surface area contributed by atoms with Crippen molar-refractivity contribution in [3.63, 3.8) is 0 Å². The number of hydrogen-bond acceptors (Lipinski definition) is 14. The van der Waals surface area contributed by atoms with E-state index in [-0.39, 0.29) is 55.5 Å². The van der Waals surface area contributed by atoms with Crippen LogP contribution >= 0.6 is 0 Å². The summed E-state index contributed by atoms with van der Waals surface area (Å²) in [5, 5.41) is 46.4. The Bertz CT molecular complexity index is 1740. The molecule has 0 saturated heterocycles. The Kier molecular flexibility index (Phi) is 12.6. The van der Waals surface area contributed by atoms with Gasteiger partial charge < -0.3 is 40.5 Å². The van der Waals surface area contributed by atoms with Crippen molar-refractivity contribution >= 4 is 23.3 Å². The Labute approximate surface area is 291 Å². The van der Waals surface area contributed by atoms with Crippen LogP contribution in [0.1, 0.15) is 43.1 Å². The van der Waals surface area contributed by atoms with E-state index in [1.54, 1.807) is 27.7 Å². The van der Waals surface area contributed by atoms with Crippen molar-refractivity contribution in [2.75, 3.05) is 32.7 Å². The van der Waals surface area contributed by atoms with E-state index in [0.717, 1.165) is 0 Å². The molecule has 0 amide bonds. The summed E-state index contributed by atoms with van der Waals surface area (Å²) in [6.45, 7) is 12.0. The highest BCUT2D eigenvalue weighted by Crippen LogP contribution is 2.19. The van der Waals surface area contributed by atoms with Crippen LogP contribution in [-0.4, -0.2) is 106 Å². The molecule has 0 aromatic carbocycles. The highest BCUT2D eigenvalue weighted by atomic mass is 16.6. The van der Waals surface area contributed by atoms with Crippen LogP contribution in [0.25, 0.3) is 0 Å². The predicted octanol–water partition coefficient (Wildman–Crippen LogP) is 3.21. The summed E-state index contributed by atoms with van der Waals surface area (Å²) in [7, 11) is 0. The third-order valence-corrected chi connectivity index (χ3v) is 9.11. The van der Waals surface area contributed by atoms with Crippen molar-refractivity contribution in [1.82, 2.24) is 48.0 Å². The van der Waals surface area contributed by atoms with Crippen molar-refractivity contribution in [2.45, 2.75) is 79.7 Å². The fraction of sp³-hybridized carbons (Fsp3) is 0.586. The SMILES string of the molecule is Cc1ncc([N+](=O)[O-])n1CCN(CCCC(C)N(CCn1c([N+](=O)[O-])cnc1C)CCn1c([N+](=O)[O-])cnc1C)CCn1c([N+](=O)[O-])cnc1C. The van der Waals surface area contributed by atoms with Crippen LogP contribution in [-0.2, 0) is 26.2 Å². The lowest BCUT2D eigenvalue weighted by atomic mass is 10.1. The van der Waals surface area contributed by atoms with E-state index >= 15 is 0 Å². The van der Waals surface area contributed by atoms with Gasteiger partial charge in [-0.05, 0) is 46.0 Å². The maximum absolute atomic E-state index is 11.6. The van der Waals surface area contributed by atoms with Crippen LogP contribution in [0.3, 0.4) is 0 Å². The van der Waals surface area contributed by atoms with Crippen molar-refractivity contribution in [1.29, 1.82) is 0 Å². The Morgan fingerprint density at radius 1 is 0.549 bits per heavy atom. The number of imidazole rings is 4. The predicted molar refractivity (Wildman–Crippen MR) is 181 cm³/mol. The Balaban J connectivity index is 1.49. The summed E-state index contributed by atoms with van der Waals surface area (Å²) in [4.78, 5) is 65.0. The minimum absolute atomic E-state index is 0.0634. The summed E-state index contributed by atoms with van der Waals surface area (Å²) >= 11 is 0. The van der Waals surface area contributed by atoms with E-state index in [9.17, 15) is 40.5 Å². The van der Waals surface area contributed by atoms with Crippen LogP contribution in [0, 0.1) is 68.2 Å². The Morgan fingerprint density at radius 2 is 0.843 bits per heavy atom. The minimum Gasteiger partial charge on any atom is -0.358 e. The van der Waals surface area contributed by atoms with Crippen LogP contribution in [0.15, 0.2) is 24.8 Å². The molecule has 1 unspecified atom stereocenters. The van der Waals surface area contributed by atoms with E-state index in [0.29, 0.717) is 68.9 Å². The number of aromatic nitrogens is 8. The first-order chi connectivity index (χ1) is 24.2. The number of aryl methyl sites for hydroxylation is 4. The first-order valence-corrected chi connectivity index (χ1v) is 16.3. The topological polar surface area (TPSA) is 250 Å². The molecule has 51 heavy (non-hydrogen) atoms. The molecule has 4 rings (SSSR count). The molecule has 0 aliphatic carbocycles. The lowest BCUT2D eigenvalue weighted by Gasteiger charge is -2.29. The van der Waals surface area contributed by atoms with Crippen molar-refractivity contribution in [2.24, 2.45) is 0 Å². The normalized spacial score (nSPS) is 12.2. The first kappa shape index (κ1) is 38.2. The maximum Gasteiger partial charge on any atom is 0.342 e. The second-order valence-corrected chi connectivity index (χ2v) is 12.2. The van der Waals surface area contributed by atoms with Gasteiger partial charge in [-0.15, -0.1) is 0 Å². The summed E-state index contributed by atoms with van der Waals surface area (Å²) in [5.41, 5.74) is 0. The number of rotatable bonds is 21. The molecule has 0 spiro atoms. The minimum atomic E-state index is -0.487. The van der Waals surface area contributed by atoms with Crippen LogP contribution in [0.5, 0.6) is 0 Å². The molecule has 0 saturated carbocycles. The van der Waals surface area contributed by atoms with Gasteiger partial charge in [-0.25, -0.2) is 38.2 Å². The molecule has 0 aliphatic rings. The smallest absolute Gasteiger partial charge is 0.342 e. The molecule has 0 fully saturated rings. The van der Waals surface area contributed by atoms with E-state index in [1.165, 1.54) is 43.1 Å². The van der Waals surface area contributed by atoms with Gasteiger partial charge in [-0.3, -0.25) is 9.80 Å². The largest absolute Gasteiger partial charge is 0.358 e. The average molecular weight is 715 g/mol. The van der Waals surface area contributed by atoms with Gasteiger partial charge in [0, 0.05) is 59.9 Å². The van der Waals surface area contributed by atoms with Gasteiger partial charge in [0.05, 0.1) is 0 Å². The fourth-order valence-electron chi connectivity index (χ4n) is 6.13. The van der Waals surface area contributed by atoms with Gasteiger partial charge in [0.1, 0.15) is 51.0 Å². The molecule has 22 heteroatoms. The lowest BCUT2D eigenvalue weighted by Crippen LogP contribution is -2.39. The summed E-state index contributed by atoms with van der Waals surface area (Å²) in [5.74, 6) is 1.47. The van der Waals surface area contributed by atoms with Crippen molar-refractivity contribution in [3.05, 3.63) is 88.5 Å². The van der Waals surface area contributed by atoms with Gasteiger partial charge in [0.25, 0.3) is 0 Å². The lowest BCUT2D eigenvalue weighted by molar-refractivity contribution is -0.392. The second kappa shape index (κ2) is 16.8. The Morgan fingerprint density at radius 3 is 1.14 bits per heavy atom. The van der Waals surface area contributed by atoms with Crippen LogP contribution in [0.4, 0.5) is 23.3 Å². The summed E-state index contributed by atoms with van der Waals surface area (Å²) in [6, 6.07) is -0.0634. The maximum atomic E-state index is 11.6. The Hall–Kier alpha value is -5.64. The van der Waals surface area contributed by atoms with E-state index in [1.807, 2.05) is 6.92 Å². The number of hydrogen-bond donors (Lipinski definition) is 0. The van der Waals surface area contributed by atoms with Crippen LogP contribution in [0.2, 0.25) is 0 Å². The highest BCUT2D eigenvalue weighted by Gasteiger charge is 2.25. The number of nitro groups is 4. The first-order valence-electron chi connectivity index (χ1n) is 16.3. The second-order valence-electron chi connectivity index (χ2n) is 12.2. The quantitative estimate of drug-likeness (QED) is 0.0888. The summed E-state index contributed by atoms with van der Waals surface area (Å²) in [6.07, 6.45) is 6.20. The standard InChI is InChI=1S/C29H42N14O8/c1-21(35(11-15-38-24(4)32-19-28(38)42(48)49)12-16-39-25(5)33-20-29(39)43(50)51)7-6-8-34(9-13-36-22(2)30-17-26(36)40(44)45)10-14-37-23(3)31-18-27(37)41(46)47/h17-21H,6-16H2,1-5H3. The van der Waals surface area contributed by atoms with Gasteiger partial charge >= 0.3 is 23.3 Å². The van der Waals surface area contributed by atoms with E-state index in [4.69, 9.17) is 0 Å². The molecule has 4 aromatic rings. The molecule has 1 atom stereocenters. The zero-order valence-corrected chi connectivity index (χ0v) is 29.2. The number of nitrogens with zero attached hydrogens (tertiary/aromatic N) is 14. The van der Waals surface area contributed by atoms with Gasteiger partial charge in [-0.2, -0.15) is 0 Å². The molecule has 4 aromatic heterocycles. The van der Waals surface area contributed by atoms with Crippen LogP contribution < -0.4 is 0 Å². The monoisotopic (exact) mass is 714 g/mol. The third kappa shape index (κ3) is 9.33.